The summed E-state index contributed by atoms with van der Waals surface area (Å²) in [6.45, 7) is 1.07. The molecule has 0 radical (unpaired) electrons. The van der Waals surface area contributed by atoms with Crippen LogP contribution in [0.4, 0.5) is 26.3 Å². The van der Waals surface area contributed by atoms with Gasteiger partial charge >= 0.3 is 12.4 Å². The summed E-state index contributed by atoms with van der Waals surface area (Å²) in [6, 6.07) is 15.2. The van der Waals surface area contributed by atoms with Gasteiger partial charge in [0.15, 0.2) is 13.2 Å². The topological polar surface area (TPSA) is 180 Å². The van der Waals surface area contributed by atoms with Crippen molar-refractivity contribution in [2.75, 3.05) is 39.4 Å². The maximum atomic E-state index is 12.9. The molecule has 0 spiro atoms. The average Bonchev–Trinajstić information content (AvgIpc) is 3.97. The van der Waals surface area contributed by atoms with Gasteiger partial charge in [0.1, 0.15) is 5.01 Å². The largest absolute Gasteiger partial charge is 0.416 e. The number of oxime groups is 2. The van der Waals surface area contributed by atoms with Crippen molar-refractivity contribution in [3.8, 4) is 0 Å². The van der Waals surface area contributed by atoms with E-state index in [9.17, 15) is 52.8 Å². The van der Waals surface area contributed by atoms with E-state index in [0.717, 1.165) is 61.1 Å². The van der Waals surface area contributed by atoms with Gasteiger partial charge in [-0.25, -0.2) is 21.8 Å². The molecule has 64 heavy (non-hydrogen) atoms. The van der Waals surface area contributed by atoms with Gasteiger partial charge in [0.25, 0.3) is 11.8 Å². The molecule has 344 valence electrons. The van der Waals surface area contributed by atoms with Crippen molar-refractivity contribution in [2.45, 2.75) is 67.5 Å². The Hall–Kier alpha value is -5.43. The van der Waals surface area contributed by atoms with Crippen molar-refractivity contribution in [1.82, 2.24) is 23.8 Å². The minimum atomic E-state index is -4.63. The molecule has 2 fully saturated rings. The van der Waals surface area contributed by atoms with E-state index in [4.69, 9.17) is 9.68 Å². The van der Waals surface area contributed by atoms with Crippen LogP contribution in [0, 0.1) is 0 Å². The predicted molar refractivity (Wildman–Crippen MR) is 220 cm³/mol. The highest BCUT2D eigenvalue weighted by molar-refractivity contribution is 7.89. The number of piperidine rings is 2. The molecule has 4 heterocycles. The molecule has 4 aromatic rings. The summed E-state index contributed by atoms with van der Waals surface area (Å²) in [7, 11) is -8.13. The Bertz CT molecular complexity index is 2530. The second-order valence-corrected chi connectivity index (χ2v) is 19.3. The van der Waals surface area contributed by atoms with E-state index in [-0.39, 0.29) is 76.9 Å². The molecule has 15 nitrogen and oxygen atoms in total. The van der Waals surface area contributed by atoms with E-state index in [1.807, 2.05) is 24.3 Å². The van der Waals surface area contributed by atoms with E-state index < -0.39 is 53.3 Å². The lowest BCUT2D eigenvalue weighted by atomic mass is 10.1. The maximum Gasteiger partial charge on any atom is 0.416 e. The lowest BCUT2D eigenvalue weighted by Gasteiger charge is -2.27. The first-order valence-corrected chi connectivity index (χ1v) is 23.3. The third-order valence-electron chi connectivity index (χ3n) is 10.1. The number of nitrogens with zero attached hydrogens (tertiary/aromatic N) is 6. The fourth-order valence-electron chi connectivity index (χ4n) is 6.64. The van der Waals surface area contributed by atoms with Crippen LogP contribution in [0.1, 0.15) is 52.9 Å². The van der Waals surface area contributed by atoms with E-state index in [0.29, 0.717) is 43.2 Å². The highest BCUT2D eigenvalue weighted by Crippen LogP contribution is 2.33. The summed E-state index contributed by atoms with van der Waals surface area (Å²) in [4.78, 5) is 39.2. The number of nitrogens with one attached hydrogen (secondary N) is 1. The number of amides is 2. The number of carbonyl (C=O) groups is 2. The fourth-order valence-corrected chi connectivity index (χ4v) is 10.2. The Labute approximate surface area is 368 Å². The van der Waals surface area contributed by atoms with Crippen LogP contribution in [0.3, 0.4) is 0 Å². The van der Waals surface area contributed by atoms with Crippen molar-refractivity contribution in [1.29, 1.82) is 0 Å². The minimum absolute atomic E-state index is 0.0526. The lowest BCUT2D eigenvalue weighted by Crippen LogP contribution is -2.38. The van der Waals surface area contributed by atoms with Crippen LogP contribution in [0.5, 0.6) is 0 Å². The third-order valence-corrected chi connectivity index (χ3v) is 14.7. The van der Waals surface area contributed by atoms with E-state index in [1.165, 1.54) is 11.3 Å². The Morgan fingerprint density at radius 2 is 1.16 bits per heavy atom. The SMILES string of the molecule is O=C(CON=C1CCN(S(=O)(=O)c2cccc(C(F)(F)F)c2)CC1)N1Cc2ccccc2C1.O=C(CON=C1CCN(S(=O)(=O)c2cccc(C(F)(F)F)c2)CC1)NCc1nccs1. The molecule has 0 bridgehead atoms. The zero-order chi connectivity index (χ0) is 46.1. The van der Waals surface area contributed by atoms with Gasteiger partial charge in [0, 0.05) is 76.5 Å². The van der Waals surface area contributed by atoms with Crippen molar-refractivity contribution >= 4 is 54.6 Å². The minimum Gasteiger partial charge on any atom is -0.386 e. The van der Waals surface area contributed by atoms with Crippen molar-refractivity contribution in [3.05, 3.63) is 112 Å². The van der Waals surface area contributed by atoms with Crippen LogP contribution < -0.4 is 5.32 Å². The average molecular weight is 958 g/mol. The lowest BCUT2D eigenvalue weighted by molar-refractivity contribution is -0.138. The van der Waals surface area contributed by atoms with Gasteiger partial charge in [0.2, 0.25) is 20.0 Å². The van der Waals surface area contributed by atoms with Gasteiger partial charge < -0.3 is 19.9 Å². The molecular weight excluding hydrogens is 917 g/mol. The number of thiazole rings is 1. The normalized spacial score (nSPS) is 16.3. The van der Waals surface area contributed by atoms with Crippen LogP contribution in [-0.2, 0) is 71.3 Å². The number of halogens is 6. The van der Waals surface area contributed by atoms with Crippen molar-refractivity contribution in [2.24, 2.45) is 10.3 Å². The molecule has 0 aliphatic carbocycles. The van der Waals surface area contributed by atoms with Gasteiger partial charge in [-0.2, -0.15) is 35.0 Å². The van der Waals surface area contributed by atoms with Crippen molar-refractivity contribution < 1.29 is 62.4 Å². The summed E-state index contributed by atoms with van der Waals surface area (Å²) < 4.78 is 131. The number of hydrogen-bond acceptors (Lipinski definition) is 12. The molecule has 0 unspecified atom stereocenters. The van der Waals surface area contributed by atoms with Crippen LogP contribution in [0.2, 0.25) is 0 Å². The molecule has 2 saturated heterocycles. The molecule has 0 saturated carbocycles. The standard InChI is InChI=1S/C22H22F3N3O4S.C18H19F3N4O4S2/c23-22(24,25)18-6-3-7-20(12-18)33(30,31)28-10-8-19(9-11-28)26-32-15-21(29)27-13-16-4-1-2-5-17(16)14-27;19-18(20,21)13-2-1-3-15(10-13)31(27,28)25-7-4-14(5-8-25)24-29-12-16(26)23-11-17-22-6-9-30-17/h1-7,12H,8-11,13-15H2;1-3,6,9-10H,4-5,7-8,11-12H2,(H,23,26). The summed E-state index contributed by atoms with van der Waals surface area (Å²) in [5.41, 5.74) is 1.35. The first kappa shape index (κ1) is 48.0. The number of rotatable bonds is 12. The Kier molecular flexibility index (Phi) is 15.5. The number of alkyl halides is 6. The zero-order valence-electron chi connectivity index (χ0n) is 33.7. The van der Waals surface area contributed by atoms with E-state index in [2.05, 4.69) is 20.6 Å². The van der Waals surface area contributed by atoms with Crippen molar-refractivity contribution in [3.63, 3.8) is 0 Å². The fraction of sp³-hybridized carbons (Fsp3) is 0.375. The van der Waals surface area contributed by atoms with Gasteiger partial charge in [-0.1, -0.05) is 46.7 Å². The monoisotopic (exact) mass is 957 g/mol. The molecule has 1 aromatic heterocycles. The van der Waals surface area contributed by atoms with Crippen LogP contribution in [0.15, 0.2) is 104 Å². The van der Waals surface area contributed by atoms with Gasteiger partial charge in [-0.3, -0.25) is 9.59 Å². The van der Waals surface area contributed by atoms with Crippen LogP contribution in [0.25, 0.3) is 0 Å². The molecule has 2 amide bonds. The second-order valence-electron chi connectivity index (χ2n) is 14.4. The van der Waals surface area contributed by atoms with E-state index in [1.54, 1.807) is 16.5 Å². The quantitative estimate of drug-likeness (QED) is 0.131. The molecular formula is C40H41F6N7O8S3. The van der Waals surface area contributed by atoms with E-state index >= 15 is 0 Å². The number of carbonyl (C=O) groups excluding carboxylic acids is 2. The highest BCUT2D eigenvalue weighted by Gasteiger charge is 2.35. The molecule has 3 aliphatic rings. The molecule has 3 aromatic carbocycles. The number of benzene rings is 3. The Morgan fingerprint density at radius 1 is 0.688 bits per heavy atom. The number of fused-ring (bicyclic) bond motifs is 1. The summed E-state index contributed by atoms with van der Waals surface area (Å²) in [5.74, 6) is -0.566. The number of hydrogen-bond donors (Lipinski definition) is 1. The summed E-state index contributed by atoms with van der Waals surface area (Å²) in [5, 5.41) is 13.0. The molecule has 24 heteroatoms. The van der Waals surface area contributed by atoms with Crippen LogP contribution >= 0.6 is 11.3 Å². The summed E-state index contributed by atoms with van der Waals surface area (Å²) >= 11 is 1.41. The molecule has 3 aliphatic heterocycles. The van der Waals surface area contributed by atoms with Gasteiger partial charge in [0.05, 0.1) is 38.9 Å². The number of sulfonamides is 2. The zero-order valence-corrected chi connectivity index (χ0v) is 36.2. The van der Waals surface area contributed by atoms with Gasteiger partial charge in [-0.05, 0) is 47.5 Å². The highest BCUT2D eigenvalue weighted by atomic mass is 32.2. The first-order valence-electron chi connectivity index (χ1n) is 19.5. The molecule has 0 atom stereocenters. The predicted octanol–water partition coefficient (Wildman–Crippen LogP) is 6.04. The third kappa shape index (κ3) is 12.6. The summed E-state index contributed by atoms with van der Waals surface area (Å²) in [6.07, 6.45) is -6.59. The number of aromatic nitrogens is 1. The maximum absolute atomic E-state index is 12.9. The van der Waals surface area contributed by atoms with Crippen LogP contribution in [-0.4, -0.2) is 98.0 Å². The smallest absolute Gasteiger partial charge is 0.386 e. The molecule has 1 N–H and O–H groups in total. The first-order chi connectivity index (χ1) is 30.3. The second kappa shape index (κ2) is 20.6. The van der Waals surface area contributed by atoms with Gasteiger partial charge in [-0.15, -0.1) is 11.3 Å². The Balaban J connectivity index is 0.000000213. The molecule has 7 rings (SSSR count). The Morgan fingerprint density at radius 3 is 1.59 bits per heavy atom.